The van der Waals surface area contributed by atoms with Gasteiger partial charge in [0.2, 0.25) is 0 Å². The summed E-state index contributed by atoms with van der Waals surface area (Å²) >= 11 is 0. The first-order chi connectivity index (χ1) is 20.9. The number of benzene rings is 2. The first-order valence-electron chi connectivity index (χ1n) is 15.9. The molecule has 0 radical (unpaired) electrons. The molecule has 2 aromatic carbocycles. The van der Waals surface area contributed by atoms with Crippen molar-refractivity contribution >= 4 is 28.8 Å². The third kappa shape index (κ3) is 8.68. The van der Waals surface area contributed by atoms with Crippen LogP contribution >= 0.6 is 0 Å². The second-order valence-electron chi connectivity index (χ2n) is 12.4. The largest absolute Gasteiger partial charge is 0.444 e. The van der Waals surface area contributed by atoms with Crippen LogP contribution in [0.25, 0.3) is 0 Å². The summed E-state index contributed by atoms with van der Waals surface area (Å²) in [5.41, 5.74) is 4.80. The summed E-state index contributed by atoms with van der Waals surface area (Å²) in [5, 5.41) is 3.41. The van der Waals surface area contributed by atoms with Gasteiger partial charge in [-0.15, -0.1) is 0 Å². The standard InChI is InChI=1S/C19H29N3O3.C14H21N3O/c1-19(2,3)25-18(23)22-10-8-20(9-11-22)16-6-4-5-7-17(16)21-12-14-24-15-13-21;1-2-4-14(17-9-11-18-12-10-17)13(3-1)16-7-5-15-6-8-16/h4-7H,8-15H2,1-3H3;1-4,15H,5-12H2. The topological polar surface area (TPSA) is 73.0 Å². The Balaban J connectivity index is 0.000000180. The lowest BCUT2D eigenvalue weighted by Crippen LogP contribution is -2.50. The lowest BCUT2D eigenvalue weighted by Gasteiger charge is -2.39. The summed E-state index contributed by atoms with van der Waals surface area (Å²) in [4.78, 5) is 23.7. The van der Waals surface area contributed by atoms with E-state index >= 15 is 0 Å². The van der Waals surface area contributed by atoms with Crippen LogP contribution < -0.4 is 24.9 Å². The van der Waals surface area contributed by atoms with Crippen molar-refractivity contribution in [3.05, 3.63) is 48.5 Å². The van der Waals surface area contributed by atoms with Gasteiger partial charge >= 0.3 is 6.09 Å². The van der Waals surface area contributed by atoms with Crippen molar-refractivity contribution in [1.29, 1.82) is 0 Å². The van der Waals surface area contributed by atoms with Gasteiger partial charge in [-0.2, -0.15) is 0 Å². The predicted molar refractivity (Wildman–Crippen MR) is 174 cm³/mol. The molecular formula is C33H50N6O4. The van der Waals surface area contributed by atoms with Crippen LogP contribution in [0.2, 0.25) is 0 Å². The van der Waals surface area contributed by atoms with E-state index in [4.69, 9.17) is 14.2 Å². The van der Waals surface area contributed by atoms with Crippen molar-refractivity contribution < 1.29 is 19.0 Å². The number of nitrogens with zero attached hydrogens (tertiary/aromatic N) is 5. The molecule has 4 aliphatic rings. The van der Waals surface area contributed by atoms with E-state index < -0.39 is 5.60 Å². The number of ether oxygens (including phenoxy) is 3. The Morgan fingerprint density at radius 2 is 0.977 bits per heavy atom. The van der Waals surface area contributed by atoms with E-state index in [1.54, 1.807) is 4.90 Å². The number of hydrogen-bond acceptors (Lipinski definition) is 9. The zero-order valence-corrected chi connectivity index (χ0v) is 26.3. The van der Waals surface area contributed by atoms with Crippen LogP contribution in [-0.2, 0) is 14.2 Å². The van der Waals surface area contributed by atoms with Gasteiger partial charge in [0.25, 0.3) is 0 Å². The summed E-state index contributed by atoms with van der Waals surface area (Å²) in [7, 11) is 0. The molecule has 0 saturated carbocycles. The van der Waals surface area contributed by atoms with Gasteiger partial charge in [0.05, 0.1) is 49.2 Å². The number of nitrogens with one attached hydrogen (secondary N) is 1. The Morgan fingerprint density at radius 3 is 1.37 bits per heavy atom. The minimum absolute atomic E-state index is 0.214. The first kappa shape index (κ1) is 31.2. The van der Waals surface area contributed by atoms with E-state index in [9.17, 15) is 4.79 Å². The molecule has 4 fully saturated rings. The molecule has 6 rings (SSSR count). The molecule has 4 saturated heterocycles. The molecule has 43 heavy (non-hydrogen) atoms. The number of carbonyl (C=O) groups excluding carboxylic acids is 1. The van der Waals surface area contributed by atoms with E-state index in [0.717, 1.165) is 91.9 Å². The van der Waals surface area contributed by atoms with Gasteiger partial charge in [0, 0.05) is 78.5 Å². The average Bonchev–Trinajstić information content (AvgIpc) is 3.06. The molecule has 0 spiro atoms. The monoisotopic (exact) mass is 594 g/mol. The first-order valence-corrected chi connectivity index (χ1v) is 15.9. The molecule has 0 aromatic heterocycles. The fourth-order valence-corrected chi connectivity index (χ4v) is 5.97. The van der Waals surface area contributed by atoms with Crippen molar-refractivity contribution in [3.8, 4) is 0 Å². The maximum absolute atomic E-state index is 12.2. The maximum Gasteiger partial charge on any atom is 0.410 e. The van der Waals surface area contributed by atoms with E-state index in [-0.39, 0.29) is 6.09 Å². The molecule has 10 nitrogen and oxygen atoms in total. The zero-order chi connectivity index (χ0) is 30.1. The molecule has 0 unspecified atom stereocenters. The molecule has 1 amide bonds. The van der Waals surface area contributed by atoms with Gasteiger partial charge in [-0.05, 0) is 45.0 Å². The van der Waals surface area contributed by atoms with Crippen LogP contribution in [0.3, 0.4) is 0 Å². The number of morpholine rings is 2. The Morgan fingerprint density at radius 1 is 0.605 bits per heavy atom. The minimum Gasteiger partial charge on any atom is -0.444 e. The van der Waals surface area contributed by atoms with Crippen LogP contribution in [0.5, 0.6) is 0 Å². The SMILES string of the molecule is CC(C)(C)OC(=O)N1CCN(c2ccccc2N2CCOCC2)CC1.c1ccc(N2CCOCC2)c(N2CCNCC2)c1. The summed E-state index contributed by atoms with van der Waals surface area (Å²) in [6, 6.07) is 17.3. The van der Waals surface area contributed by atoms with E-state index in [1.807, 2.05) is 20.8 Å². The maximum atomic E-state index is 12.2. The minimum atomic E-state index is -0.447. The summed E-state index contributed by atoms with van der Waals surface area (Å²) in [5.74, 6) is 0. The number of rotatable bonds is 4. The van der Waals surface area contributed by atoms with E-state index in [2.05, 4.69) is 73.4 Å². The highest BCUT2D eigenvalue weighted by Crippen LogP contribution is 2.31. The highest BCUT2D eigenvalue weighted by atomic mass is 16.6. The molecule has 10 heteroatoms. The zero-order valence-electron chi connectivity index (χ0n) is 26.3. The van der Waals surface area contributed by atoms with Gasteiger partial charge in [-0.25, -0.2) is 4.79 Å². The number of para-hydroxylation sites is 4. The van der Waals surface area contributed by atoms with Crippen LogP contribution in [0, 0.1) is 0 Å². The fourth-order valence-electron chi connectivity index (χ4n) is 5.97. The summed E-state index contributed by atoms with van der Waals surface area (Å²) < 4.78 is 16.4. The molecule has 0 aliphatic carbocycles. The lowest BCUT2D eigenvalue weighted by atomic mass is 10.2. The third-order valence-corrected chi connectivity index (χ3v) is 8.20. The number of anilines is 4. The molecular weight excluding hydrogens is 544 g/mol. The van der Waals surface area contributed by atoms with Crippen molar-refractivity contribution in [2.24, 2.45) is 0 Å². The molecule has 0 bridgehead atoms. The van der Waals surface area contributed by atoms with E-state index in [1.165, 1.54) is 22.7 Å². The van der Waals surface area contributed by atoms with Gasteiger partial charge in [-0.1, -0.05) is 24.3 Å². The smallest absolute Gasteiger partial charge is 0.410 e. The molecule has 236 valence electrons. The fraction of sp³-hybridized carbons (Fsp3) is 0.606. The highest BCUT2D eigenvalue weighted by Gasteiger charge is 2.27. The number of amides is 1. The number of hydrogen-bond donors (Lipinski definition) is 1. The Bertz CT molecular complexity index is 1110. The quantitative estimate of drug-likeness (QED) is 0.573. The Kier molecular flexibility index (Phi) is 10.9. The van der Waals surface area contributed by atoms with Gasteiger partial charge in [0.15, 0.2) is 0 Å². The van der Waals surface area contributed by atoms with Crippen molar-refractivity contribution in [2.45, 2.75) is 26.4 Å². The van der Waals surface area contributed by atoms with Crippen molar-refractivity contribution in [3.63, 3.8) is 0 Å². The van der Waals surface area contributed by atoms with Crippen LogP contribution in [0.15, 0.2) is 48.5 Å². The van der Waals surface area contributed by atoms with E-state index in [0.29, 0.717) is 13.1 Å². The van der Waals surface area contributed by atoms with Crippen LogP contribution in [0.1, 0.15) is 20.8 Å². The van der Waals surface area contributed by atoms with Gasteiger partial charge < -0.3 is 44.0 Å². The Labute approximate surface area is 257 Å². The predicted octanol–water partition coefficient (Wildman–Crippen LogP) is 3.51. The van der Waals surface area contributed by atoms with Crippen molar-refractivity contribution in [2.75, 3.05) is 125 Å². The normalized spacial score (nSPS) is 19.9. The van der Waals surface area contributed by atoms with Crippen molar-refractivity contribution in [1.82, 2.24) is 10.2 Å². The second-order valence-corrected chi connectivity index (χ2v) is 12.4. The number of piperazine rings is 2. The van der Waals surface area contributed by atoms with Crippen LogP contribution in [0.4, 0.5) is 27.5 Å². The second kappa shape index (κ2) is 15.0. The third-order valence-electron chi connectivity index (χ3n) is 8.20. The van der Waals surface area contributed by atoms with Crippen LogP contribution in [-0.4, -0.2) is 122 Å². The Hall–Kier alpha value is -3.21. The molecule has 1 N–H and O–H groups in total. The highest BCUT2D eigenvalue weighted by molar-refractivity contribution is 5.73. The average molecular weight is 595 g/mol. The summed E-state index contributed by atoms with van der Waals surface area (Å²) in [6.07, 6.45) is -0.214. The van der Waals surface area contributed by atoms with Gasteiger partial charge in [0.1, 0.15) is 5.60 Å². The number of carbonyl (C=O) groups is 1. The molecule has 0 atom stereocenters. The molecule has 4 heterocycles. The molecule has 4 aliphatic heterocycles. The summed E-state index contributed by atoms with van der Waals surface area (Å²) in [6.45, 7) is 20.2. The van der Waals surface area contributed by atoms with Gasteiger partial charge in [-0.3, -0.25) is 0 Å². The molecule has 2 aromatic rings. The lowest BCUT2D eigenvalue weighted by molar-refractivity contribution is 0.0240.